The van der Waals surface area contributed by atoms with E-state index in [1.165, 1.54) is 0 Å². The molecule has 0 radical (unpaired) electrons. The molecule has 1 aromatic carbocycles. The molecule has 0 saturated carbocycles. The molecule has 1 aromatic rings. The van der Waals surface area contributed by atoms with Crippen molar-refractivity contribution in [1.82, 2.24) is 10.6 Å². The van der Waals surface area contributed by atoms with Crippen molar-refractivity contribution in [3.63, 3.8) is 0 Å². The van der Waals surface area contributed by atoms with Crippen LogP contribution in [0.15, 0.2) is 24.3 Å². The van der Waals surface area contributed by atoms with Crippen molar-refractivity contribution in [1.29, 1.82) is 0 Å². The smallest absolute Gasteiger partial charge is 0.251 e. The number of nitrogens with one attached hydrogen (secondary N) is 3. The van der Waals surface area contributed by atoms with Crippen LogP contribution in [-0.2, 0) is 4.79 Å². The number of hydrogen-bond donors (Lipinski definition) is 3. The zero-order valence-corrected chi connectivity index (χ0v) is 16.0. The third-order valence-electron chi connectivity index (χ3n) is 3.71. The lowest BCUT2D eigenvalue weighted by molar-refractivity contribution is -0.119. The fourth-order valence-electron chi connectivity index (χ4n) is 2.28. The summed E-state index contributed by atoms with van der Waals surface area (Å²) in [6.07, 6.45) is 6.68. The van der Waals surface area contributed by atoms with Gasteiger partial charge < -0.3 is 16.0 Å². The third kappa shape index (κ3) is 9.19. The summed E-state index contributed by atoms with van der Waals surface area (Å²) in [7, 11) is 0. The van der Waals surface area contributed by atoms with E-state index in [9.17, 15) is 9.59 Å². The molecule has 0 aliphatic rings. The van der Waals surface area contributed by atoms with E-state index in [1.54, 1.807) is 18.2 Å². The fraction of sp³-hybridized carbons (Fsp3) is 0.526. The minimum Gasteiger partial charge on any atom is -0.352 e. The van der Waals surface area contributed by atoms with Gasteiger partial charge in [0.05, 0.1) is 0 Å². The van der Waals surface area contributed by atoms with E-state index in [2.05, 4.69) is 29.8 Å². The first-order valence-electron chi connectivity index (χ1n) is 9.06. The van der Waals surface area contributed by atoms with Gasteiger partial charge in [0, 0.05) is 24.2 Å². The van der Waals surface area contributed by atoms with Gasteiger partial charge >= 0.3 is 0 Å². The van der Waals surface area contributed by atoms with Crippen molar-refractivity contribution < 1.29 is 9.59 Å². The van der Waals surface area contributed by atoms with Crippen LogP contribution in [0.2, 0.25) is 0 Å². The summed E-state index contributed by atoms with van der Waals surface area (Å²) in [5.74, 6) is -0.190. The molecule has 0 unspecified atom stereocenters. The summed E-state index contributed by atoms with van der Waals surface area (Å²) in [5, 5.41) is 8.76. The number of carbonyl (C=O) groups is 2. The standard InChI is InChI=1S/C19H29N3O2S/c1-3-5-7-8-12-17(23)22-19(25)21-16-11-9-10-15(14-16)18(24)20-13-6-4-2/h9-11,14H,3-8,12-13H2,1-2H3,(H,20,24)(H2,21,22,23,25). The summed E-state index contributed by atoms with van der Waals surface area (Å²) in [6.45, 7) is 4.88. The number of thiocarbonyl (C=S) groups is 1. The maximum absolute atomic E-state index is 12.1. The van der Waals surface area contributed by atoms with E-state index >= 15 is 0 Å². The predicted octanol–water partition coefficient (Wildman–Crippen LogP) is 4.00. The van der Waals surface area contributed by atoms with Crippen LogP contribution < -0.4 is 16.0 Å². The molecule has 0 bridgehead atoms. The van der Waals surface area contributed by atoms with Gasteiger partial charge in [0.25, 0.3) is 5.91 Å². The molecular formula is C19H29N3O2S. The molecule has 5 nitrogen and oxygen atoms in total. The van der Waals surface area contributed by atoms with Crippen molar-refractivity contribution in [2.75, 3.05) is 11.9 Å². The number of rotatable bonds is 10. The van der Waals surface area contributed by atoms with Crippen LogP contribution >= 0.6 is 12.2 Å². The van der Waals surface area contributed by atoms with Crippen LogP contribution in [0.25, 0.3) is 0 Å². The number of anilines is 1. The molecule has 0 fully saturated rings. The molecule has 6 heteroatoms. The molecule has 0 atom stereocenters. The largest absolute Gasteiger partial charge is 0.352 e. The quantitative estimate of drug-likeness (QED) is 0.434. The Morgan fingerprint density at radius 2 is 1.80 bits per heavy atom. The van der Waals surface area contributed by atoms with E-state index in [4.69, 9.17) is 12.2 Å². The second-order valence-electron chi connectivity index (χ2n) is 6.00. The second-order valence-corrected chi connectivity index (χ2v) is 6.41. The first-order chi connectivity index (χ1) is 12.1. The van der Waals surface area contributed by atoms with E-state index in [1.807, 2.05) is 6.07 Å². The van der Waals surface area contributed by atoms with Crippen LogP contribution in [0, 0.1) is 0 Å². The molecule has 1 rings (SSSR count). The average Bonchev–Trinajstić information content (AvgIpc) is 2.59. The second kappa shape index (κ2) is 12.4. The Kier molecular flexibility index (Phi) is 10.5. The van der Waals surface area contributed by atoms with E-state index in [-0.39, 0.29) is 16.9 Å². The number of benzene rings is 1. The molecule has 0 saturated heterocycles. The highest BCUT2D eigenvalue weighted by atomic mass is 32.1. The van der Waals surface area contributed by atoms with Gasteiger partial charge in [-0.1, -0.05) is 45.6 Å². The van der Waals surface area contributed by atoms with Crippen LogP contribution in [0.1, 0.15) is 69.2 Å². The van der Waals surface area contributed by atoms with Crippen LogP contribution in [0.3, 0.4) is 0 Å². The van der Waals surface area contributed by atoms with E-state index in [0.717, 1.165) is 38.5 Å². The van der Waals surface area contributed by atoms with Crippen LogP contribution in [0.5, 0.6) is 0 Å². The Morgan fingerprint density at radius 1 is 1.04 bits per heavy atom. The van der Waals surface area contributed by atoms with Crippen LogP contribution in [-0.4, -0.2) is 23.5 Å². The van der Waals surface area contributed by atoms with E-state index < -0.39 is 0 Å². The van der Waals surface area contributed by atoms with Gasteiger partial charge in [-0.2, -0.15) is 0 Å². The lowest BCUT2D eigenvalue weighted by atomic mass is 10.1. The van der Waals surface area contributed by atoms with Gasteiger partial charge in [-0.05, 0) is 43.3 Å². The minimum atomic E-state index is -0.108. The third-order valence-corrected chi connectivity index (χ3v) is 3.91. The molecule has 0 aliphatic heterocycles. The number of carbonyl (C=O) groups excluding carboxylic acids is 2. The Labute approximate surface area is 156 Å². The zero-order valence-electron chi connectivity index (χ0n) is 15.2. The molecule has 0 spiro atoms. The van der Waals surface area contributed by atoms with Crippen LogP contribution in [0.4, 0.5) is 5.69 Å². The van der Waals surface area contributed by atoms with Gasteiger partial charge in [0.15, 0.2) is 5.11 Å². The summed E-state index contributed by atoms with van der Waals surface area (Å²) in [6, 6.07) is 7.07. The average molecular weight is 364 g/mol. The lowest BCUT2D eigenvalue weighted by Crippen LogP contribution is -2.34. The molecular weight excluding hydrogens is 334 g/mol. The van der Waals surface area contributed by atoms with Crippen molar-refractivity contribution in [2.45, 2.75) is 58.8 Å². The Morgan fingerprint density at radius 3 is 2.52 bits per heavy atom. The number of amides is 2. The molecule has 25 heavy (non-hydrogen) atoms. The molecule has 0 aliphatic carbocycles. The van der Waals surface area contributed by atoms with Crippen molar-refractivity contribution >= 4 is 34.8 Å². The van der Waals surface area contributed by atoms with Crippen molar-refractivity contribution in [2.24, 2.45) is 0 Å². The topological polar surface area (TPSA) is 70.2 Å². The molecule has 138 valence electrons. The van der Waals surface area contributed by atoms with Crippen molar-refractivity contribution in [3.05, 3.63) is 29.8 Å². The summed E-state index contributed by atoms with van der Waals surface area (Å²) >= 11 is 5.16. The van der Waals surface area contributed by atoms with Gasteiger partial charge in [-0.25, -0.2) is 0 Å². The van der Waals surface area contributed by atoms with Crippen molar-refractivity contribution in [3.8, 4) is 0 Å². The van der Waals surface area contributed by atoms with Gasteiger partial charge in [-0.15, -0.1) is 0 Å². The number of hydrogen-bond acceptors (Lipinski definition) is 3. The Bertz CT molecular complexity index is 576. The Hall–Kier alpha value is -1.95. The maximum atomic E-state index is 12.1. The summed E-state index contributed by atoms with van der Waals surface area (Å²) < 4.78 is 0. The first kappa shape index (κ1) is 21.1. The number of unbranched alkanes of at least 4 members (excludes halogenated alkanes) is 4. The normalized spacial score (nSPS) is 10.2. The highest BCUT2D eigenvalue weighted by Crippen LogP contribution is 2.11. The monoisotopic (exact) mass is 363 g/mol. The zero-order chi connectivity index (χ0) is 18.5. The SMILES string of the molecule is CCCCCCC(=O)NC(=S)Nc1cccc(C(=O)NCCCC)c1. The van der Waals surface area contributed by atoms with Gasteiger partial charge in [0.1, 0.15) is 0 Å². The minimum absolute atomic E-state index is 0.0814. The van der Waals surface area contributed by atoms with E-state index in [0.29, 0.717) is 24.2 Å². The molecule has 0 heterocycles. The predicted molar refractivity (Wildman–Crippen MR) is 107 cm³/mol. The molecule has 0 aromatic heterocycles. The highest BCUT2D eigenvalue weighted by molar-refractivity contribution is 7.80. The van der Waals surface area contributed by atoms with Gasteiger partial charge in [0.2, 0.25) is 5.91 Å². The van der Waals surface area contributed by atoms with Gasteiger partial charge in [-0.3, -0.25) is 9.59 Å². The highest BCUT2D eigenvalue weighted by Gasteiger charge is 2.08. The fourth-order valence-corrected chi connectivity index (χ4v) is 2.51. The molecule has 3 N–H and O–H groups in total. The maximum Gasteiger partial charge on any atom is 0.251 e. The first-order valence-corrected chi connectivity index (χ1v) is 9.46. The lowest BCUT2D eigenvalue weighted by Gasteiger charge is -2.11. The summed E-state index contributed by atoms with van der Waals surface area (Å²) in [5.41, 5.74) is 1.24. The Balaban J connectivity index is 2.45. The summed E-state index contributed by atoms with van der Waals surface area (Å²) in [4.78, 5) is 23.9. The molecule has 2 amide bonds.